The molecule has 1 atom stereocenters. The number of nitrogens with zero attached hydrogens (tertiary/aromatic N) is 2. The zero-order valence-electron chi connectivity index (χ0n) is 20.1. The number of hydrogen-bond acceptors (Lipinski definition) is 4. The topological polar surface area (TPSA) is 77.5 Å². The summed E-state index contributed by atoms with van der Waals surface area (Å²) in [7, 11) is 0. The number of halogens is 3. The number of allylic oxidation sites excluding steroid dienone is 1. The number of aromatic nitrogens is 2. The first kappa shape index (κ1) is 25.8. The molecule has 4 aromatic rings. The van der Waals surface area contributed by atoms with Crippen LogP contribution in [0.25, 0.3) is 22.4 Å². The van der Waals surface area contributed by atoms with Crippen molar-refractivity contribution >= 4 is 16.9 Å². The highest BCUT2D eigenvalue weighted by Gasteiger charge is 2.32. The van der Waals surface area contributed by atoms with Gasteiger partial charge in [0, 0.05) is 35.5 Å². The zero-order chi connectivity index (χ0) is 26.8. The van der Waals surface area contributed by atoms with E-state index in [2.05, 4.69) is 18.1 Å². The SMILES string of the molecule is C=CCc1oc(-c2ccc(C(F)(F)F)cc2)nc1CCOc1ccc2c(ccn2C(C)(C=C)C(=O)O)c1. The Morgan fingerprint density at radius 1 is 1.16 bits per heavy atom. The number of benzene rings is 2. The first-order chi connectivity index (χ1) is 17.6. The summed E-state index contributed by atoms with van der Waals surface area (Å²) in [6.07, 6.45) is 1.14. The van der Waals surface area contributed by atoms with Gasteiger partial charge in [-0.3, -0.25) is 0 Å². The van der Waals surface area contributed by atoms with Crippen LogP contribution < -0.4 is 4.74 Å². The first-order valence-electron chi connectivity index (χ1n) is 11.5. The van der Waals surface area contributed by atoms with E-state index < -0.39 is 23.2 Å². The molecular weight excluding hydrogens is 485 g/mol. The van der Waals surface area contributed by atoms with Gasteiger partial charge < -0.3 is 18.8 Å². The quantitative estimate of drug-likeness (QED) is 0.242. The first-order valence-corrected chi connectivity index (χ1v) is 11.5. The van der Waals surface area contributed by atoms with Gasteiger partial charge in [-0.2, -0.15) is 13.2 Å². The molecule has 1 N–H and O–H groups in total. The molecule has 0 bridgehead atoms. The molecule has 0 aliphatic heterocycles. The maximum Gasteiger partial charge on any atom is 0.416 e. The minimum Gasteiger partial charge on any atom is -0.493 e. The molecule has 0 saturated heterocycles. The molecule has 37 heavy (non-hydrogen) atoms. The van der Waals surface area contributed by atoms with Crippen molar-refractivity contribution in [3.8, 4) is 17.2 Å². The van der Waals surface area contributed by atoms with E-state index in [0.717, 1.165) is 23.0 Å². The molecule has 6 nitrogen and oxygen atoms in total. The fraction of sp³-hybridized carbons (Fsp3) is 0.214. The van der Waals surface area contributed by atoms with Crippen molar-refractivity contribution in [2.45, 2.75) is 31.5 Å². The summed E-state index contributed by atoms with van der Waals surface area (Å²) >= 11 is 0. The number of fused-ring (bicyclic) bond motifs is 1. The highest BCUT2D eigenvalue weighted by Crippen LogP contribution is 2.32. The largest absolute Gasteiger partial charge is 0.493 e. The Bertz CT molecular complexity index is 1450. The lowest BCUT2D eigenvalue weighted by molar-refractivity contribution is -0.144. The van der Waals surface area contributed by atoms with E-state index in [1.54, 1.807) is 35.9 Å². The van der Waals surface area contributed by atoms with Crippen LogP contribution in [0.1, 0.15) is 23.9 Å². The third-order valence-electron chi connectivity index (χ3n) is 6.17. The smallest absolute Gasteiger partial charge is 0.416 e. The molecule has 0 aliphatic carbocycles. The molecule has 9 heteroatoms. The highest BCUT2D eigenvalue weighted by molar-refractivity contribution is 5.86. The van der Waals surface area contributed by atoms with Crippen molar-refractivity contribution in [3.05, 3.63) is 97.1 Å². The zero-order valence-corrected chi connectivity index (χ0v) is 20.1. The summed E-state index contributed by atoms with van der Waals surface area (Å²) in [5.74, 6) is 0.377. The van der Waals surface area contributed by atoms with Crippen molar-refractivity contribution < 1.29 is 32.2 Å². The molecule has 0 radical (unpaired) electrons. The predicted octanol–water partition coefficient (Wildman–Crippen LogP) is 6.65. The fourth-order valence-corrected chi connectivity index (χ4v) is 3.96. The number of aliphatic carboxylic acids is 1. The summed E-state index contributed by atoms with van der Waals surface area (Å²) in [5.41, 5.74) is -0.238. The lowest BCUT2D eigenvalue weighted by atomic mass is 10.0. The molecule has 1 unspecified atom stereocenters. The van der Waals surface area contributed by atoms with Gasteiger partial charge in [-0.15, -0.1) is 13.2 Å². The molecule has 0 spiro atoms. The van der Waals surface area contributed by atoms with Crippen LogP contribution in [0.3, 0.4) is 0 Å². The number of ether oxygens (including phenoxy) is 1. The van der Waals surface area contributed by atoms with E-state index in [1.165, 1.54) is 18.2 Å². The summed E-state index contributed by atoms with van der Waals surface area (Å²) in [6, 6.07) is 11.8. The number of rotatable bonds is 10. The van der Waals surface area contributed by atoms with Gasteiger partial charge in [-0.05, 0) is 55.5 Å². The molecule has 0 amide bonds. The van der Waals surface area contributed by atoms with Crippen LogP contribution in [0.15, 0.2) is 84.5 Å². The number of alkyl halides is 3. The average molecular weight is 511 g/mol. The molecule has 0 saturated carbocycles. The number of hydrogen-bond donors (Lipinski definition) is 1. The monoisotopic (exact) mass is 510 g/mol. The van der Waals surface area contributed by atoms with Crippen LogP contribution in [0.5, 0.6) is 5.75 Å². The van der Waals surface area contributed by atoms with Gasteiger partial charge in [-0.25, -0.2) is 9.78 Å². The van der Waals surface area contributed by atoms with Crippen molar-refractivity contribution in [1.82, 2.24) is 9.55 Å². The molecule has 0 aliphatic rings. The normalized spacial score (nSPS) is 13.3. The molecule has 0 fully saturated rings. The molecule has 2 aromatic heterocycles. The van der Waals surface area contributed by atoms with Crippen LogP contribution in [-0.4, -0.2) is 27.2 Å². The van der Waals surface area contributed by atoms with Gasteiger partial charge in [-0.1, -0.05) is 12.2 Å². The van der Waals surface area contributed by atoms with Gasteiger partial charge in [0.05, 0.1) is 17.9 Å². The van der Waals surface area contributed by atoms with Crippen molar-refractivity contribution in [2.24, 2.45) is 0 Å². The summed E-state index contributed by atoms with van der Waals surface area (Å²) in [4.78, 5) is 16.3. The van der Waals surface area contributed by atoms with Crippen molar-refractivity contribution in [1.29, 1.82) is 0 Å². The van der Waals surface area contributed by atoms with Crippen molar-refractivity contribution in [3.63, 3.8) is 0 Å². The summed E-state index contributed by atoms with van der Waals surface area (Å²) < 4.78 is 52.0. The molecule has 4 rings (SSSR count). The number of carbonyl (C=O) groups is 1. The third-order valence-corrected chi connectivity index (χ3v) is 6.17. The van der Waals surface area contributed by atoms with Gasteiger partial charge in [0.1, 0.15) is 11.5 Å². The second-order valence-electron chi connectivity index (χ2n) is 8.62. The Hall–Kier alpha value is -4.27. The van der Waals surface area contributed by atoms with E-state index in [-0.39, 0.29) is 12.5 Å². The molecule has 192 valence electrons. The standard InChI is InChI=1S/C28H25F3N2O4/c1-4-6-24-22(32-25(37-24)18-7-9-20(10-8-18)28(29,30)31)14-16-36-21-11-12-23-19(17-21)13-15-33(23)27(3,5-2)26(34)35/h4-5,7-13,15,17H,1-2,6,14,16H2,3H3,(H,34,35). The minimum atomic E-state index is -4.42. The Morgan fingerprint density at radius 3 is 2.51 bits per heavy atom. The van der Waals surface area contributed by atoms with E-state index in [4.69, 9.17) is 9.15 Å². The third kappa shape index (κ3) is 5.16. The predicted molar refractivity (Wildman–Crippen MR) is 133 cm³/mol. The van der Waals surface area contributed by atoms with Gasteiger partial charge in [0.15, 0.2) is 5.54 Å². The number of carboxylic acid groups (broad SMARTS) is 1. The van der Waals surface area contributed by atoms with Crippen molar-refractivity contribution in [2.75, 3.05) is 6.61 Å². The number of carboxylic acids is 1. The van der Waals surface area contributed by atoms with Gasteiger partial charge >= 0.3 is 12.1 Å². The van der Waals surface area contributed by atoms with E-state index >= 15 is 0 Å². The Morgan fingerprint density at radius 2 is 1.89 bits per heavy atom. The second kappa shape index (κ2) is 10.0. The Labute approximate surface area is 211 Å². The number of oxazole rings is 1. The highest BCUT2D eigenvalue weighted by atomic mass is 19.4. The van der Waals surface area contributed by atoms with Crippen LogP contribution >= 0.6 is 0 Å². The second-order valence-corrected chi connectivity index (χ2v) is 8.62. The van der Waals surface area contributed by atoms with Crippen LogP contribution in [-0.2, 0) is 29.4 Å². The van der Waals surface area contributed by atoms with Crippen LogP contribution in [0.4, 0.5) is 13.2 Å². The summed E-state index contributed by atoms with van der Waals surface area (Å²) in [5, 5.41) is 10.5. The lowest BCUT2D eigenvalue weighted by Gasteiger charge is -2.24. The molecule has 2 aromatic carbocycles. The maximum absolute atomic E-state index is 12.9. The average Bonchev–Trinajstić information content (AvgIpc) is 3.47. The van der Waals surface area contributed by atoms with E-state index in [0.29, 0.717) is 35.6 Å². The molecular formula is C28H25F3N2O4. The van der Waals surface area contributed by atoms with Gasteiger partial charge in [0.25, 0.3) is 0 Å². The maximum atomic E-state index is 12.9. The Balaban J connectivity index is 1.49. The fourth-order valence-electron chi connectivity index (χ4n) is 3.96. The van der Waals surface area contributed by atoms with Crippen LogP contribution in [0, 0.1) is 0 Å². The molecule has 2 heterocycles. The van der Waals surface area contributed by atoms with Crippen LogP contribution in [0.2, 0.25) is 0 Å². The Kier molecular flexibility index (Phi) is 6.98. The minimum absolute atomic E-state index is 0.229. The van der Waals surface area contributed by atoms with Gasteiger partial charge in [0.2, 0.25) is 5.89 Å². The van der Waals surface area contributed by atoms with E-state index in [1.807, 2.05) is 12.1 Å². The lowest BCUT2D eigenvalue weighted by Crippen LogP contribution is -2.36. The van der Waals surface area contributed by atoms with E-state index in [9.17, 15) is 23.1 Å². The summed E-state index contributed by atoms with van der Waals surface area (Å²) in [6.45, 7) is 9.23.